The largest absolute Gasteiger partial charge is 0.314 e. The van der Waals surface area contributed by atoms with Crippen molar-refractivity contribution < 1.29 is 0 Å². The van der Waals surface area contributed by atoms with Crippen LogP contribution in [-0.4, -0.2) is 37.1 Å². The molecule has 0 aliphatic heterocycles. The van der Waals surface area contributed by atoms with Crippen molar-refractivity contribution >= 4 is 0 Å². The lowest BCUT2D eigenvalue weighted by Crippen LogP contribution is -2.41. The van der Waals surface area contributed by atoms with Crippen molar-refractivity contribution in [1.82, 2.24) is 10.2 Å². The molecule has 1 aliphatic rings. The molecule has 126 valence electrons. The van der Waals surface area contributed by atoms with Gasteiger partial charge in [-0.15, -0.1) is 0 Å². The highest BCUT2D eigenvalue weighted by Gasteiger charge is 2.22. The fraction of sp³-hybridized carbons (Fsp3) is 1.00. The Morgan fingerprint density at radius 1 is 0.810 bits per heavy atom. The molecule has 0 radical (unpaired) electrons. The molecule has 1 fully saturated rings. The molecular formula is C19H40N2. The maximum atomic E-state index is 3.61. The van der Waals surface area contributed by atoms with E-state index in [1.54, 1.807) is 0 Å². The van der Waals surface area contributed by atoms with Crippen LogP contribution in [0.3, 0.4) is 0 Å². The van der Waals surface area contributed by atoms with Gasteiger partial charge in [0, 0.05) is 12.1 Å². The minimum Gasteiger partial charge on any atom is -0.314 e. The van der Waals surface area contributed by atoms with Gasteiger partial charge in [0.05, 0.1) is 0 Å². The summed E-state index contributed by atoms with van der Waals surface area (Å²) in [6.45, 7) is 6.96. The summed E-state index contributed by atoms with van der Waals surface area (Å²) in [5.74, 6) is 0. The third-order valence-electron chi connectivity index (χ3n) is 5.18. The molecule has 0 heterocycles. The molecule has 0 amide bonds. The molecule has 0 atom stereocenters. The Hall–Kier alpha value is -0.0800. The molecule has 1 rings (SSSR count). The van der Waals surface area contributed by atoms with E-state index in [2.05, 4.69) is 31.1 Å². The van der Waals surface area contributed by atoms with Crippen molar-refractivity contribution in [3.63, 3.8) is 0 Å². The Labute approximate surface area is 134 Å². The van der Waals surface area contributed by atoms with Gasteiger partial charge >= 0.3 is 0 Å². The van der Waals surface area contributed by atoms with E-state index in [0.29, 0.717) is 0 Å². The van der Waals surface area contributed by atoms with Gasteiger partial charge in [-0.05, 0) is 52.2 Å². The summed E-state index contributed by atoms with van der Waals surface area (Å²) >= 11 is 0. The van der Waals surface area contributed by atoms with Gasteiger partial charge in [-0.2, -0.15) is 0 Å². The molecule has 0 aromatic rings. The van der Waals surface area contributed by atoms with Crippen molar-refractivity contribution in [1.29, 1.82) is 0 Å². The molecule has 1 N–H and O–H groups in total. The smallest absolute Gasteiger partial charge is 0.00933 e. The number of hydrogen-bond acceptors (Lipinski definition) is 2. The van der Waals surface area contributed by atoms with Crippen LogP contribution in [0.1, 0.15) is 90.9 Å². The Morgan fingerprint density at radius 2 is 1.38 bits per heavy atom. The van der Waals surface area contributed by atoms with E-state index in [1.165, 1.54) is 83.6 Å². The molecule has 0 spiro atoms. The standard InChI is InChI=1S/C19H40N2/c1-4-6-7-8-9-10-11-12-17-21(3)19-15-13-18(14-16-19)20-5-2/h18-20H,4-17H2,1-3H3. The van der Waals surface area contributed by atoms with Crippen LogP contribution in [0.2, 0.25) is 0 Å². The van der Waals surface area contributed by atoms with Gasteiger partial charge in [-0.1, -0.05) is 58.8 Å². The van der Waals surface area contributed by atoms with E-state index in [0.717, 1.165) is 18.6 Å². The highest BCUT2D eigenvalue weighted by Crippen LogP contribution is 2.22. The lowest BCUT2D eigenvalue weighted by molar-refractivity contribution is 0.172. The van der Waals surface area contributed by atoms with Crippen LogP contribution in [-0.2, 0) is 0 Å². The van der Waals surface area contributed by atoms with E-state index < -0.39 is 0 Å². The Kier molecular flexibility index (Phi) is 11.3. The third-order valence-corrected chi connectivity index (χ3v) is 5.18. The first-order valence-corrected chi connectivity index (χ1v) is 9.71. The third kappa shape index (κ3) is 8.83. The zero-order valence-corrected chi connectivity index (χ0v) is 15.0. The topological polar surface area (TPSA) is 15.3 Å². The summed E-state index contributed by atoms with van der Waals surface area (Å²) in [4.78, 5) is 2.64. The SMILES string of the molecule is CCCCCCCCCCN(C)C1CCC(NCC)CC1. The van der Waals surface area contributed by atoms with Crippen molar-refractivity contribution in [3.8, 4) is 0 Å². The predicted molar refractivity (Wildman–Crippen MR) is 95.0 cm³/mol. The highest BCUT2D eigenvalue weighted by atomic mass is 15.1. The van der Waals surface area contributed by atoms with Crippen LogP contribution in [0, 0.1) is 0 Å². The van der Waals surface area contributed by atoms with E-state index in [1.807, 2.05) is 0 Å². The summed E-state index contributed by atoms with van der Waals surface area (Å²) in [7, 11) is 2.35. The summed E-state index contributed by atoms with van der Waals surface area (Å²) in [6.07, 6.45) is 17.0. The molecule has 1 saturated carbocycles. The zero-order valence-electron chi connectivity index (χ0n) is 15.0. The Bertz CT molecular complexity index is 222. The van der Waals surface area contributed by atoms with Crippen LogP contribution in [0.15, 0.2) is 0 Å². The monoisotopic (exact) mass is 296 g/mol. The first-order valence-electron chi connectivity index (χ1n) is 9.71. The lowest BCUT2D eigenvalue weighted by Gasteiger charge is -2.35. The predicted octanol–water partition coefficient (Wildman–Crippen LogP) is 4.98. The van der Waals surface area contributed by atoms with Gasteiger partial charge in [0.1, 0.15) is 0 Å². The molecule has 0 bridgehead atoms. The number of nitrogens with zero attached hydrogens (tertiary/aromatic N) is 1. The minimum absolute atomic E-state index is 0.794. The van der Waals surface area contributed by atoms with Gasteiger partial charge < -0.3 is 10.2 Å². The second-order valence-electron chi connectivity index (χ2n) is 7.02. The van der Waals surface area contributed by atoms with Crippen LogP contribution >= 0.6 is 0 Å². The van der Waals surface area contributed by atoms with Gasteiger partial charge in [0.25, 0.3) is 0 Å². The van der Waals surface area contributed by atoms with E-state index >= 15 is 0 Å². The molecule has 0 unspecified atom stereocenters. The summed E-state index contributed by atoms with van der Waals surface area (Å²) in [6, 6.07) is 1.65. The maximum absolute atomic E-state index is 3.61. The van der Waals surface area contributed by atoms with Crippen LogP contribution in [0.4, 0.5) is 0 Å². The van der Waals surface area contributed by atoms with E-state index in [-0.39, 0.29) is 0 Å². The van der Waals surface area contributed by atoms with Gasteiger partial charge in [0.2, 0.25) is 0 Å². The Balaban J connectivity index is 1.95. The molecule has 2 heteroatoms. The normalized spacial score (nSPS) is 22.9. The quantitative estimate of drug-likeness (QED) is 0.511. The fourth-order valence-corrected chi connectivity index (χ4v) is 3.69. The van der Waals surface area contributed by atoms with E-state index in [4.69, 9.17) is 0 Å². The molecule has 1 aliphatic carbocycles. The second-order valence-corrected chi connectivity index (χ2v) is 7.02. The average molecular weight is 297 g/mol. The lowest BCUT2D eigenvalue weighted by atomic mass is 9.90. The number of hydrogen-bond donors (Lipinski definition) is 1. The first kappa shape index (κ1) is 19.0. The van der Waals surface area contributed by atoms with Crippen LogP contribution in [0.25, 0.3) is 0 Å². The molecular weight excluding hydrogens is 256 g/mol. The average Bonchev–Trinajstić information content (AvgIpc) is 2.51. The molecule has 0 aromatic carbocycles. The second kappa shape index (κ2) is 12.5. The molecule has 21 heavy (non-hydrogen) atoms. The Morgan fingerprint density at radius 3 is 1.95 bits per heavy atom. The number of nitrogens with one attached hydrogen (secondary N) is 1. The van der Waals surface area contributed by atoms with Crippen molar-refractivity contribution in [3.05, 3.63) is 0 Å². The van der Waals surface area contributed by atoms with Crippen LogP contribution < -0.4 is 5.32 Å². The fourth-order valence-electron chi connectivity index (χ4n) is 3.69. The number of rotatable bonds is 12. The van der Waals surface area contributed by atoms with Gasteiger partial charge in [-0.3, -0.25) is 0 Å². The van der Waals surface area contributed by atoms with Crippen molar-refractivity contribution in [2.45, 2.75) is 103 Å². The van der Waals surface area contributed by atoms with Gasteiger partial charge in [-0.25, -0.2) is 0 Å². The van der Waals surface area contributed by atoms with Gasteiger partial charge in [0.15, 0.2) is 0 Å². The first-order chi connectivity index (χ1) is 10.3. The van der Waals surface area contributed by atoms with Crippen molar-refractivity contribution in [2.24, 2.45) is 0 Å². The van der Waals surface area contributed by atoms with Crippen molar-refractivity contribution in [2.75, 3.05) is 20.1 Å². The summed E-state index contributed by atoms with van der Waals surface area (Å²) < 4.78 is 0. The highest BCUT2D eigenvalue weighted by molar-refractivity contribution is 4.81. The number of unbranched alkanes of at least 4 members (excludes halogenated alkanes) is 7. The maximum Gasteiger partial charge on any atom is 0.00933 e. The molecule has 0 aromatic heterocycles. The minimum atomic E-state index is 0.794. The molecule has 2 nitrogen and oxygen atoms in total. The van der Waals surface area contributed by atoms with E-state index in [9.17, 15) is 0 Å². The summed E-state index contributed by atoms with van der Waals surface area (Å²) in [5, 5.41) is 3.61. The molecule has 0 saturated heterocycles. The summed E-state index contributed by atoms with van der Waals surface area (Å²) in [5.41, 5.74) is 0. The zero-order chi connectivity index (χ0) is 15.3. The van der Waals surface area contributed by atoms with Crippen LogP contribution in [0.5, 0.6) is 0 Å².